The van der Waals surface area contributed by atoms with Crippen LogP contribution >= 0.6 is 0 Å². The highest BCUT2D eigenvalue weighted by Crippen LogP contribution is 2.14. The molecule has 1 atom stereocenters. The molecule has 1 heterocycles. The van der Waals surface area contributed by atoms with Gasteiger partial charge in [0.05, 0.1) is 0 Å². The normalized spacial score (nSPS) is 13.5. The van der Waals surface area contributed by atoms with Crippen molar-refractivity contribution >= 4 is 0 Å². The minimum atomic E-state index is 0.442. The monoisotopic (exact) mass is 194 g/mol. The number of rotatable bonds is 5. The fourth-order valence-electron chi connectivity index (χ4n) is 1.57. The van der Waals surface area contributed by atoms with Crippen molar-refractivity contribution in [1.82, 2.24) is 9.88 Å². The molecule has 1 aromatic rings. The Bertz CT molecular complexity index is 263. The van der Waals surface area contributed by atoms with E-state index in [-0.39, 0.29) is 0 Å². The maximum Gasteiger partial charge on any atom is 0.0443 e. The van der Waals surface area contributed by atoms with Gasteiger partial charge in [-0.1, -0.05) is 13.8 Å². The average Bonchev–Trinajstić information content (AvgIpc) is 2.61. The van der Waals surface area contributed by atoms with Crippen LogP contribution in [0.2, 0.25) is 0 Å². The first-order chi connectivity index (χ1) is 6.65. The van der Waals surface area contributed by atoms with Gasteiger partial charge < -0.3 is 9.88 Å². The van der Waals surface area contributed by atoms with Gasteiger partial charge in [-0.25, -0.2) is 0 Å². The molecule has 0 saturated heterocycles. The number of aryl methyl sites for hydroxylation is 1. The standard InChI is InChI=1S/C12H22N2/c1-10(2)7-9-14-8-5-6-12(14)11(3)13-4/h5-6,8,10-11,13H,7,9H2,1-4H3. The van der Waals surface area contributed by atoms with Crippen molar-refractivity contribution in [1.29, 1.82) is 0 Å². The van der Waals surface area contributed by atoms with Gasteiger partial charge in [0.1, 0.15) is 0 Å². The summed E-state index contributed by atoms with van der Waals surface area (Å²) in [5.74, 6) is 0.773. The first kappa shape index (κ1) is 11.3. The van der Waals surface area contributed by atoms with Crippen LogP contribution in [0.25, 0.3) is 0 Å². The van der Waals surface area contributed by atoms with E-state index in [1.54, 1.807) is 0 Å². The second kappa shape index (κ2) is 5.20. The minimum absolute atomic E-state index is 0.442. The van der Waals surface area contributed by atoms with Gasteiger partial charge in [0, 0.05) is 24.5 Å². The number of nitrogens with one attached hydrogen (secondary N) is 1. The van der Waals surface area contributed by atoms with E-state index in [9.17, 15) is 0 Å². The molecular weight excluding hydrogens is 172 g/mol. The zero-order chi connectivity index (χ0) is 10.6. The van der Waals surface area contributed by atoms with Crippen LogP contribution in [0.15, 0.2) is 18.3 Å². The SMILES string of the molecule is CNC(C)c1cccn1CCC(C)C. The molecule has 1 N–H and O–H groups in total. The summed E-state index contributed by atoms with van der Waals surface area (Å²) in [4.78, 5) is 0. The summed E-state index contributed by atoms with van der Waals surface area (Å²) in [6.45, 7) is 7.86. The minimum Gasteiger partial charge on any atom is -0.350 e. The van der Waals surface area contributed by atoms with Crippen LogP contribution in [0.1, 0.15) is 38.9 Å². The van der Waals surface area contributed by atoms with Gasteiger partial charge in [-0.2, -0.15) is 0 Å². The van der Waals surface area contributed by atoms with Crippen LogP contribution in [-0.2, 0) is 6.54 Å². The van der Waals surface area contributed by atoms with E-state index in [1.807, 2.05) is 7.05 Å². The number of nitrogens with zero attached hydrogens (tertiary/aromatic N) is 1. The number of hydrogen-bond acceptors (Lipinski definition) is 1. The van der Waals surface area contributed by atoms with E-state index >= 15 is 0 Å². The van der Waals surface area contributed by atoms with E-state index in [1.165, 1.54) is 12.1 Å². The molecule has 0 radical (unpaired) electrons. The molecule has 0 aromatic carbocycles. The molecule has 1 unspecified atom stereocenters. The number of aromatic nitrogens is 1. The van der Waals surface area contributed by atoms with E-state index < -0.39 is 0 Å². The van der Waals surface area contributed by atoms with Gasteiger partial charge in [0.2, 0.25) is 0 Å². The summed E-state index contributed by atoms with van der Waals surface area (Å²) in [6, 6.07) is 4.77. The van der Waals surface area contributed by atoms with Gasteiger partial charge in [0.25, 0.3) is 0 Å². The zero-order valence-corrected chi connectivity index (χ0v) is 9.75. The van der Waals surface area contributed by atoms with Gasteiger partial charge in [-0.3, -0.25) is 0 Å². The molecule has 0 aliphatic heterocycles. The van der Waals surface area contributed by atoms with Crippen LogP contribution < -0.4 is 5.32 Å². The van der Waals surface area contributed by atoms with Crippen molar-refractivity contribution in [2.24, 2.45) is 5.92 Å². The fraction of sp³-hybridized carbons (Fsp3) is 0.667. The topological polar surface area (TPSA) is 17.0 Å². The summed E-state index contributed by atoms with van der Waals surface area (Å²) in [6.07, 6.45) is 3.42. The maximum atomic E-state index is 3.27. The summed E-state index contributed by atoms with van der Waals surface area (Å²) in [5, 5.41) is 3.27. The Hall–Kier alpha value is -0.760. The maximum absolute atomic E-state index is 3.27. The molecular formula is C12H22N2. The van der Waals surface area contributed by atoms with Crippen LogP contribution in [0, 0.1) is 5.92 Å². The third-order valence-electron chi connectivity index (χ3n) is 2.69. The van der Waals surface area contributed by atoms with Crippen LogP contribution in [0.5, 0.6) is 0 Å². The lowest BCUT2D eigenvalue weighted by molar-refractivity contribution is 0.489. The zero-order valence-electron chi connectivity index (χ0n) is 9.75. The van der Waals surface area contributed by atoms with Gasteiger partial charge >= 0.3 is 0 Å². The van der Waals surface area contributed by atoms with Crippen molar-refractivity contribution in [3.05, 3.63) is 24.0 Å². The quantitative estimate of drug-likeness (QED) is 0.762. The van der Waals surface area contributed by atoms with Crippen molar-refractivity contribution in [3.63, 3.8) is 0 Å². The highest BCUT2D eigenvalue weighted by molar-refractivity contribution is 5.11. The average molecular weight is 194 g/mol. The molecule has 0 aliphatic rings. The molecule has 0 bridgehead atoms. The Balaban J connectivity index is 2.62. The second-order valence-electron chi connectivity index (χ2n) is 4.32. The predicted molar refractivity (Wildman–Crippen MR) is 61.4 cm³/mol. The third kappa shape index (κ3) is 2.88. The Kier molecular flexibility index (Phi) is 4.21. The first-order valence-electron chi connectivity index (χ1n) is 5.47. The smallest absolute Gasteiger partial charge is 0.0443 e. The molecule has 0 aliphatic carbocycles. The largest absolute Gasteiger partial charge is 0.350 e. The Morgan fingerprint density at radius 2 is 2.07 bits per heavy atom. The summed E-state index contributed by atoms with van der Waals surface area (Å²) >= 11 is 0. The van der Waals surface area contributed by atoms with Gasteiger partial charge in [-0.15, -0.1) is 0 Å². The Morgan fingerprint density at radius 3 is 2.64 bits per heavy atom. The van der Waals surface area contributed by atoms with Crippen molar-refractivity contribution < 1.29 is 0 Å². The van der Waals surface area contributed by atoms with Crippen LogP contribution in [-0.4, -0.2) is 11.6 Å². The van der Waals surface area contributed by atoms with E-state index in [0.717, 1.165) is 12.5 Å². The first-order valence-corrected chi connectivity index (χ1v) is 5.47. The highest BCUT2D eigenvalue weighted by Gasteiger charge is 2.07. The van der Waals surface area contributed by atoms with Crippen molar-refractivity contribution in [2.75, 3.05) is 7.05 Å². The second-order valence-corrected chi connectivity index (χ2v) is 4.32. The molecule has 1 aromatic heterocycles. The molecule has 0 spiro atoms. The lowest BCUT2D eigenvalue weighted by atomic mass is 10.1. The highest BCUT2D eigenvalue weighted by atomic mass is 15.0. The Morgan fingerprint density at radius 1 is 1.36 bits per heavy atom. The molecule has 1 rings (SSSR count). The summed E-state index contributed by atoms with van der Waals surface area (Å²) in [7, 11) is 2.00. The Labute approximate surface area is 87.3 Å². The molecule has 0 amide bonds. The van der Waals surface area contributed by atoms with E-state index in [2.05, 4.69) is 49.0 Å². The summed E-state index contributed by atoms with van der Waals surface area (Å²) < 4.78 is 2.35. The molecule has 0 saturated carbocycles. The molecule has 2 nitrogen and oxygen atoms in total. The van der Waals surface area contributed by atoms with E-state index in [0.29, 0.717) is 6.04 Å². The van der Waals surface area contributed by atoms with Crippen molar-refractivity contribution in [2.45, 2.75) is 39.8 Å². The molecule has 2 heteroatoms. The molecule has 14 heavy (non-hydrogen) atoms. The predicted octanol–water partition coefficient (Wildman–Crippen LogP) is 2.81. The number of hydrogen-bond donors (Lipinski definition) is 1. The summed E-state index contributed by atoms with van der Waals surface area (Å²) in [5.41, 5.74) is 1.38. The van der Waals surface area contributed by atoms with Gasteiger partial charge in [-0.05, 0) is 38.4 Å². The van der Waals surface area contributed by atoms with Crippen LogP contribution in [0.3, 0.4) is 0 Å². The molecule has 80 valence electrons. The van der Waals surface area contributed by atoms with Crippen molar-refractivity contribution in [3.8, 4) is 0 Å². The lowest BCUT2D eigenvalue weighted by Gasteiger charge is -2.15. The lowest BCUT2D eigenvalue weighted by Crippen LogP contribution is -2.17. The van der Waals surface area contributed by atoms with Gasteiger partial charge in [0.15, 0.2) is 0 Å². The van der Waals surface area contributed by atoms with Crippen LogP contribution in [0.4, 0.5) is 0 Å². The molecule has 0 fully saturated rings. The van der Waals surface area contributed by atoms with E-state index in [4.69, 9.17) is 0 Å². The fourth-order valence-corrected chi connectivity index (χ4v) is 1.57. The third-order valence-corrected chi connectivity index (χ3v) is 2.69.